The van der Waals surface area contributed by atoms with Crippen molar-refractivity contribution in [3.63, 3.8) is 0 Å². The summed E-state index contributed by atoms with van der Waals surface area (Å²) in [5.41, 5.74) is 5.86. The molecule has 1 aromatic heterocycles. The fourth-order valence-electron chi connectivity index (χ4n) is 2.17. The van der Waals surface area contributed by atoms with Crippen molar-refractivity contribution in [3.8, 4) is 0 Å². The first-order chi connectivity index (χ1) is 7.27. The van der Waals surface area contributed by atoms with E-state index in [0.717, 1.165) is 0 Å². The average Bonchev–Trinajstić information content (AvgIpc) is 2.85. The van der Waals surface area contributed by atoms with Crippen LogP contribution in [0.25, 0.3) is 0 Å². The Morgan fingerprint density at radius 2 is 2.40 bits per heavy atom. The molecule has 0 saturated carbocycles. The van der Waals surface area contributed by atoms with Crippen molar-refractivity contribution in [1.82, 2.24) is 9.78 Å². The van der Waals surface area contributed by atoms with E-state index < -0.39 is 18.4 Å². The summed E-state index contributed by atoms with van der Waals surface area (Å²) in [4.78, 5) is 0. The number of hydrogen-bond acceptors (Lipinski definition) is 5. The normalized spacial score (nSPS) is 44.5. The number of aliphatic hydroxyl groups is 1. The fraction of sp³-hybridized carbons (Fsp3) is 0.667. The van der Waals surface area contributed by atoms with E-state index in [4.69, 9.17) is 15.2 Å². The first-order valence-electron chi connectivity index (χ1n) is 4.97. The minimum Gasteiger partial charge on any atom is -0.389 e. The highest BCUT2D eigenvalue weighted by atomic mass is 16.7. The molecule has 0 spiro atoms. The van der Waals surface area contributed by atoms with Gasteiger partial charge < -0.3 is 20.3 Å². The molecule has 3 heterocycles. The Morgan fingerprint density at radius 1 is 1.53 bits per heavy atom. The molecule has 3 N–H and O–H groups in total. The first kappa shape index (κ1) is 9.29. The molecule has 3 rings (SSSR count). The molecule has 82 valence electrons. The van der Waals surface area contributed by atoms with E-state index in [2.05, 4.69) is 5.10 Å². The van der Waals surface area contributed by atoms with E-state index in [1.165, 1.54) is 0 Å². The van der Waals surface area contributed by atoms with Crippen LogP contribution >= 0.6 is 0 Å². The van der Waals surface area contributed by atoms with Crippen molar-refractivity contribution in [3.05, 3.63) is 18.5 Å². The summed E-state index contributed by atoms with van der Waals surface area (Å²) >= 11 is 0. The van der Waals surface area contributed by atoms with E-state index in [1.54, 1.807) is 23.1 Å². The molecule has 2 bridgehead atoms. The first-order valence-corrected chi connectivity index (χ1v) is 4.97. The Bertz CT molecular complexity index is 342. The predicted octanol–water partition coefficient (Wildman–Crippen LogP) is -1.13. The van der Waals surface area contributed by atoms with Gasteiger partial charge in [-0.25, -0.2) is 0 Å². The molecule has 5 atom stereocenters. The third-order valence-electron chi connectivity index (χ3n) is 3.02. The fourth-order valence-corrected chi connectivity index (χ4v) is 2.17. The van der Waals surface area contributed by atoms with Gasteiger partial charge in [0.2, 0.25) is 0 Å². The Balaban J connectivity index is 1.93. The molecule has 2 aliphatic heterocycles. The SMILES string of the molecule is NC1C2COC(O2)C(n2cccn2)C1O. The second kappa shape index (κ2) is 3.28. The van der Waals surface area contributed by atoms with Gasteiger partial charge in [0, 0.05) is 12.4 Å². The zero-order valence-electron chi connectivity index (χ0n) is 8.06. The molecule has 2 aliphatic rings. The monoisotopic (exact) mass is 211 g/mol. The van der Waals surface area contributed by atoms with Crippen LogP contribution < -0.4 is 5.73 Å². The third kappa shape index (κ3) is 1.30. The Hall–Kier alpha value is -0.950. The topological polar surface area (TPSA) is 82.5 Å². The van der Waals surface area contributed by atoms with Gasteiger partial charge in [0.25, 0.3) is 0 Å². The molecule has 6 nitrogen and oxygen atoms in total. The maximum atomic E-state index is 10.0. The van der Waals surface area contributed by atoms with Gasteiger partial charge in [-0.3, -0.25) is 4.68 Å². The lowest BCUT2D eigenvalue weighted by Gasteiger charge is -2.36. The van der Waals surface area contributed by atoms with E-state index in [9.17, 15) is 5.11 Å². The van der Waals surface area contributed by atoms with Gasteiger partial charge in [0.15, 0.2) is 6.29 Å². The second-order valence-electron chi connectivity index (χ2n) is 3.92. The molecule has 2 fully saturated rings. The van der Waals surface area contributed by atoms with Gasteiger partial charge in [-0.05, 0) is 6.07 Å². The number of aromatic nitrogens is 2. The number of ether oxygens (including phenoxy) is 2. The molecule has 6 heteroatoms. The van der Waals surface area contributed by atoms with Crippen LogP contribution in [0.15, 0.2) is 18.5 Å². The maximum absolute atomic E-state index is 10.0. The van der Waals surface area contributed by atoms with Crippen LogP contribution in [0.1, 0.15) is 6.04 Å². The summed E-state index contributed by atoms with van der Waals surface area (Å²) in [5.74, 6) is 0. The number of hydrogen-bond donors (Lipinski definition) is 2. The molecule has 2 saturated heterocycles. The molecular weight excluding hydrogens is 198 g/mol. The van der Waals surface area contributed by atoms with Crippen LogP contribution in [0.3, 0.4) is 0 Å². The van der Waals surface area contributed by atoms with Crippen LogP contribution in [0.5, 0.6) is 0 Å². The van der Waals surface area contributed by atoms with Crippen LogP contribution in [-0.4, -0.2) is 46.0 Å². The Morgan fingerprint density at radius 3 is 3.13 bits per heavy atom. The molecule has 0 amide bonds. The number of rotatable bonds is 1. The second-order valence-corrected chi connectivity index (χ2v) is 3.92. The van der Waals surface area contributed by atoms with E-state index in [-0.39, 0.29) is 12.1 Å². The minimum absolute atomic E-state index is 0.197. The van der Waals surface area contributed by atoms with Crippen LogP contribution in [-0.2, 0) is 9.47 Å². The van der Waals surface area contributed by atoms with Crippen molar-refractivity contribution in [2.75, 3.05) is 6.61 Å². The smallest absolute Gasteiger partial charge is 0.183 e. The zero-order valence-corrected chi connectivity index (χ0v) is 8.06. The summed E-state index contributed by atoms with van der Waals surface area (Å²) in [6.07, 6.45) is 2.10. The van der Waals surface area contributed by atoms with E-state index in [1.807, 2.05) is 0 Å². The number of nitrogens with zero attached hydrogens (tertiary/aromatic N) is 2. The van der Waals surface area contributed by atoms with Crippen molar-refractivity contribution < 1.29 is 14.6 Å². The van der Waals surface area contributed by atoms with Gasteiger partial charge in [0.05, 0.1) is 18.8 Å². The molecule has 0 aromatic carbocycles. The van der Waals surface area contributed by atoms with Crippen molar-refractivity contribution in [2.45, 2.75) is 30.6 Å². The summed E-state index contributed by atoms with van der Waals surface area (Å²) < 4.78 is 12.6. The maximum Gasteiger partial charge on any atom is 0.183 e. The lowest BCUT2D eigenvalue weighted by Crippen LogP contribution is -2.55. The van der Waals surface area contributed by atoms with Gasteiger partial charge in [-0.2, -0.15) is 5.10 Å². The molecule has 15 heavy (non-hydrogen) atoms. The zero-order chi connectivity index (χ0) is 10.4. The summed E-state index contributed by atoms with van der Waals surface area (Å²) in [6.45, 7) is 0.445. The van der Waals surface area contributed by atoms with Crippen LogP contribution in [0.4, 0.5) is 0 Å². The lowest BCUT2D eigenvalue weighted by molar-refractivity contribution is -0.163. The predicted molar refractivity (Wildman–Crippen MR) is 49.9 cm³/mol. The molecular formula is C9H13N3O3. The largest absolute Gasteiger partial charge is 0.389 e. The average molecular weight is 211 g/mol. The van der Waals surface area contributed by atoms with Gasteiger partial charge in [-0.15, -0.1) is 0 Å². The lowest BCUT2D eigenvalue weighted by atomic mass is 9.97. The van der Waals surface area contributed by atoms with Crippen molar-refractivity contribution in [1.29, 1.82) is 0 Å². The van der Waals surface area contributed by atoms with Gasteiger partial charge in [0.1, 0.15) is 12.1 Å². The van der Waals surface area contributed by atoms with Gasteiger partial charge >= 0.3 is 0 Å². The molecule has 1 aromatic rings. The highest BCUT2D eigenvalue weighted by Gasteiger charge is 2.49. The minimum atomic E-state index is -0.684. The molecule has 5 unspecified atom stereocenters. The number of nitrogens with two attached hydrogens (primary N) is 1. The van der Waals surface area contributed by atoms with E-state index >= 15 is 0 Å². The number of aliphatic hydroxyl groups excluding tert-OH is 1. The summed E-state index contributed by atoms with van der Waals surface area (Å²) in [7, 11) is 0. The highest BCUT2D eigenvalue weighted by molar-refractivity contribution is 4.98. The Labute approximate surface area is 86.6 Å². The summed E-state index contributed by atoms with van der Waals surface area (Å²) in [5, 5.41) is 14.1. The van der Waals surface area contributed by atoms with Crippen LogP contribution in [0.2, 0.25) is 0 Å². The standard InChI is InChI=1S/C9H13N3O3/c10-6-5-4-14-9(15-5)7(8(6)13)12-3-1-2-11-12/h1-3,5-9,13H,4,10H2. The number of fused-ring (bicyclic) bond motifs is 2. The third-order valence-corrected chi connectivity index (χ3v) is 3.02. The quantitative estimate of drug-likeness (QED) is 0.614. The van der Waals surface area contributed by atoms with E-state index in [0.29, 0.717) is 6.61 Å². The van der Waals surface area contributed by atoms with Crippen molar-refractivity contribution in [2.24, 2.45) is 5.73 Å². The Kier molecular flexibility index (Phi) is 2.03. The van der Waals surface area contributed by atoms with Crippen LogP contribution in [0, 0.1) is 0 Å². The molecule has 0 radical (unpaired) electrons. The van der Waals surface area contributed by atoms with Crippen molar-refractivity contribution >= 4 is 0 Å². The highest BCUT2D eigenvalue weighted by Crippen LogP contribution is 2.34. The molecule has 0 aliphatic carbocycles. The van der Waals surface area contributed by atoms with Gasteiger partial charge in [-0.1, -0.05) is 0 Å². The summed E-state index contributed by atoms with van der Waals surface area (Å²) in [6, 6.07) is 1.02.